The molecule has 0 unspecified atom stereocenters. The third-order valence-electron chi connectivity index (χ3n) is 3.74. The van der Waals surface area contributed by atoms with Crippen LogP contribution in [0.2, 0.25) is 0 Å². The summed E-state index contributed by atoms with van der Waals surface area (Å²) in [7, 11) is 0. The standard InChI is InChI=1S/C16H19N5O/c1-3-20(8-9-22)15-13-10-19-21(16(13)18-11-17-15)14-7-5-4-6-12(14)2/h4-7,10-11,22H,3,8-9H2,1-2H3. The van der Waals surface area contributed by atoms with Crippen LogP contribution in [0.4, 0.5) is 5.82 Å². The maximum atomic E-state index is 9.21. The van der Waals surface area contributed by atoms with Gasteiger partial charge in [-0.25, -0.2) is 14.6 Å². The largest absolute Gasteiger partial charge is 0.395 e. The van der Waals surface area contributed by atoms with Crippen molar-refractivity contribution in [1.82, 2.24) is 19.7 Å². The molecule has 1 N–H and O–H groups in total. The molecule has 3 rings (SSSR count). The molecule has 0 radical (unpaired) electrons. The Kier molecular flexibility index (Phi) is 4.02. The maximum absolute atomic E-state index is 9.21. The predicted octanol–water partition coefficient (Wildman–Crippen LogP) is 1.94. The smallest absolute Gasteiger partial charge is 0.168 e. The van der Waals surface area contributed by atoms with Gasteiger partial charge in [-0.05, 0) is 25.5 Å². The fourth-order valence-corrected chi connectivity index (χ4v) is 2.60. The monoisotopic (exact) mass is 297 g/mol. The molecule has 0 aliphatic rings. The molecule has 0 atom stereocenters. The molecule has 114 valence electrons. The van der Waals surface area contributed by atoms with E-state index in [0.717, 1.165) is 34.6 Å². The number of rotatable bonds is 5. The summed E-state index contributed by atoms with van der Waals surface area (Å²) < 4.78 is 1.84. The van der Waals surface area contributed by atoms with Crippen molar-refractivity contribution in [3.05, 3.63) is 42.4 Å². The average Bonchev–Trinajstić information content (AvgIpc) is 2.97. The minimum Gasteiger partial charge on any atom is -0.395 e. The van der Waals surface area contributed by atoms with Crippen molar-refractivity contribution in [2.24, 2.45) is 0 Å². The fraction of sp³-hybridized carbons (Fsp3) is 0.312. The van der Waals surface area contributed by atoms with Gasteiger partial charge in [-0.2, -0.15) is 5.10 Å². The summed E-state index contributed by atoms with van der Waals surface area (Å²) in [6, 6.07) is 8.07. The zero-order chi connectivity index (χ0) is 15.5. The second kappa shape index (κ2) is 6.11. The first-order valence-electron chi connectivity index (χ1n) is 7.36. The van der Waals surface area contributed by atoms with E-state index in [1.165, 1.54) is 0 Å². The van der Waals surface area contributed by atoms with Crippen LogP contribution in [0.1, 0.15) is 12.5 Å². The van der Waals surface area contributed by atoms with E-state index in [9.17, 15) is 5.11 Å². The zero-order valence-electron chi connectivity index (χ0n) is 12.8. The minimum absolute atomic E-state index is 0.0886. The number of anilines is 1. The topological polar surface area (TPSA) is 67.1 Å². The molecular formula is C16H19N5O. The van der Waals surface area contributed by atoms with E-state index in [0.29, 0.717) is 6.54 Å². The Morgan fingerprint density at radius 1 is 1.23 bits per heavy atom. The van der Waals surface area contributed by atoms with Gasteiger partial charge in [0.05, 0.1) is 23.9 Å². The average molecular weight is 297 g/mol. The SMILES string of the molecule is CCN(CCO)c1ncnc2c1cnn2-c1ccccc1C. The summed E-state index contributed by atoms with van der Waals surface area (Å²) in [6.45, 7) is 5.48. The summed E-state index contributed by atoms with van der Waals surface area (Å²) in [5, 5.41) is 14.6. The third kappa shape index (κ3) is 2.42. The van der Waals surface area contributed by atoms with E-state index in [-0.39, 0.29) is 6.61 Å². The van der Waals surface area contributed by atoms with Gasteiger partial charge in [-0.1, -0.05) is 18.2 Å². The Labute approximate surface area is 129 Å². The minimum atomic E-state index is 0.0886. The number of fused-ring (bicyclic) bond motifs is 1. The van der Waals surface area contributed by atoms with Crippen LogP contribution in [-0.4, -0.2) is 44.6 Å². The van der Waals surface area contributed by atoms with Crippen LogP contribution in [0.15, 0.2) is 36.8 Å². The van der Waals surface area contributed by atoms with Gasteiger partial charge in [-0.3, -0.25) is 0 Å². The molecule has 2 heterocycles. The Morgan fingerprint density at radius 2 is 2.05 bits per heavy atom. The summed E-state index contributed by atoms with van der Waals surface area (Å²) >= 11 is 0. The van der Waals surface area contributed by atoms with E-state index < -0.39 is 0 Å². The first-order chi connectivity index (χ1) is 10.8. The molecule has 0 saturated heterocycles. The van der Waals surface area contributed by atoms with E-state index in [1.54, 1.807) is 12.5 Å². The number of aliphatic hydroxyl groups is 1. The lowest BCUT2D eigenvalue weighted by Gasteiger charge is -2.20. The Bertz CT molecular complexity index is 783. The highest BCUT2D eigenvalue weighted by Gasteiger charge is 2.15. The normalized spacial score (nSPS) is 11.0. The van der Waals surface area contributed by atoms with E-state index >= 15 is 0 Å². The van der Waals surface area contributed by atoms with Gasteiger partial charge in [0, 0.05) is 13.1 Å². The van der Waals surface area contributed by atoms with Crippen LogP contribution >= 0.6 is 0 Å². The third-order valence-corrected chi connectivity index (χ3v) is 3.74. The lowest BCUT2D eigenvalue weighted by atomic mass is 10.2. The highest BCUT2D eigenvalue weighted by Crippen LogP contribution is 2.25. The Hall–Kier alpha value is -2.47. The van der Waals surface area contributed by atoms with Gasteiger partial charge in [0.2, 0.25) is 0 Å². The molecule has 6 nitrogen and oxygen atoms in total. The number of nitrogens with zero attached hydrogens (tertiary/aromatic N) is 5. The Morgan fingerprint density at radius 3 is 2.77 bits per heavy atom. The summed E-state index contributed by atoms with van der Waals surface area (Å²) in [6.07, 6.45) is 3.34. The predicted molar refractivity (Wildman–Crippen MR) is 86.4 cm³/mol. The van der Waals surface area contributed by atoms with Crippen molar-refractivity contribution >= 4 is 16.9 Å². The van der Waals surface area contributed by atoms with Crippen molar-refractivity contribution in [2.75, 3.05) is 24.6 Å². The number of benzene rings is 1. The molecule has 0 bridgehead atoms. The van der Waals surface area contributed by atoms with Crippen molar-refractivity contribution in [3.63, 3.8) is 0 Å². The Balaban J connectivity index is 2.15. The van der Waals surface area contributed by atoms with Crippen molar-refractivity contribution in [3.8, 4) is 5.69 Å². The van der Waals surface area contributed by atoms with Gasteiger partial charge in [0.15, 0.2) is 5.65 Å². The van der Waals surface area contributed by atoms with Crippen LogP contribution in [0.25, 0.3) is 16.7 Å². The van der Waals surface area contributed by atoms with Crippen molar-refractivity contribution < 1.29 is 5.11 Å². The van der Waals surface area contributed by atoms with E-state index in [4.69, 9.17) is 0 Å². The first kappa shape index (κ1) is 14.5. The second-order valence-corrected chi connectivity index (χ2v) is 5.08. The van der Waals surface area contributed by atoms with E-state index in [2.05, 4.69) is 28.1 Å². The lowest BCUT2D eigenvalue weighted by molar-refractivity contribution is 0.302. The van der Waals surface area contributed by atoms with Gasteiger partial charge >= 0.3 is 0 Å². The first-order valence-corrected chi connectivity index (χ1v) is 7.36. The van der Waals surface area contributed by atoms with Gasteiger partial charge in [0.1, 0.15) is 12.1 Å². The highest BCUT2D eigenvalue weighted by atomic mass is 16.3. The van der Waals surface area contributed by atoms with Gasteiger partial charge in [-0.15, -0.1) is 0 Å². The van der Waals surface area contributed by atoms with Crippen LogP contribution in [0.3, 0.4) is 0 Å². The quantitative estimate of drug-likeness (QED) is 0.779. The number of aromatic nitrogens is 4. The molecule has 2 aromatic heterocycles. The highest BCUT2D eigenvalue weighted by molar-refractivity contribution is 5.87. The fourth-order valence-electron chi connectivity index (χ4n) is 2.60. The van der Waals surface area contributed by atoms with Crippen LogP contribution in [0, 0.1) is 6.92 Å². The molecule has 0 amide bonds. The molecular weight excluding hydrogens is 278 g/mol. The molecule has 0 aliphatic carbocycles. The lowest BCUT2D eigenvalue weighted by Crippen LogP contribution is -2.27. The molecule has 3 aromatic rings. The molecule has 0 fully saturated rings. The van der Waals surface area contributed by atoms with Crippen molar-refractivity contribution in [2.45, 2.75) is 13.8 Å². The van der Waals surface area contributed by atoms with Crippen molar-refractivity contribution in [1.29, 1.82) is 0 Å². The van der Waals surface area contributed by atoms with E-state index in [1.807, 2.05) is 34.7 Å². The molecule has 0 saturated carbocycles. The number of hydrogen-bond acceptors (Lipinski definition) is 5. The molecule has 1 aromatic carbocycles. The maximum Gasteiger partial charge on any atom is 0.168 e. The zero-order valence-corrected chi connectivity index (χ0v) is 12.8. The number of aliphatic hydroxyl groups excluding tert-OH is 1. The van der Waals surface area contributed by atoms with Crippen LogP contribution in [0.5, 0.6) is 0 Å². The number of aryl methyl sites for hydroxylation is 1. The number of para-hydroxylation sites is 1. The molecule has 22 heavy (non-hydrogen) atoms. The van der Waals surface area contributed by atoms with Gasteiger partial charge < -0.3 is 10.0 Å². The van der Waals surface area contributed by atoms with Crippen LogP contribution < -0.4 is 4.90 Å². The summed E-state index contributed by atoms with van der Waals surface area (Å²) in [4.78, 5) is 10.8. The second-order valence-electron chi connectivity index (χ2n) is 5.08. The number of hydrogen-bond donors (Lipinski definition) is 1. The number of likely N-dealkylation sites (N-methyl/N-ethyl adjacent to an activating group) is 1. The summed E-state index contributed by atoms with van der Waals surface area (Å²) in [5.74, 6) is 0.807. The molecule has 6 heteroatoms. The molecule has 0 spiro atoms. The van der Waals surface area contributed by atoms with Crippen LogP contribution in [-0.2, 0) is 0 Å². The summed E-state index contributed by atoms with van der Waals surface area (Å²) in [5.41, 5.74) is 2.92. The van der Waals surface area contributed by atoms with Gasteiger partial charge in [0.25, 0.3) is 0 Å². The molecule has 0 aliphatic heterocycles.